The number of nitrogens with zero attached hydrogens (tertiary/aromatic N) is 7. The molecule has 17 heteroatoms. The smallest absolute Gasteiger partial charge is 0.410 e. The molecule has 0 atom stereocenters. The number of amides is 3. The van der Waals surface area contributed by atoms with Crippen LogP contribution in [0.3, 0.4) is 0 Å². The number of thiazole rings is 2. The van der Waals surface area contributed by atoms with Crippen molar-refractivity contribution >= 4 is 89.1 Å². The van der Waals surface area contributed by atoms with Crippen molar-refractivity contribution in [1.29, 1.82) is 0 Å². The second-order valence-electron chi connectivity index (χ2n) is 21.8. The predicted octanol–water partition coefficient (Wildman–Crippen LogP) is 12.0. The van der Waals surface area contributed by atoms with E-state index in [4.69, 9.17) is 25.2 Å². The molecule has 0 bridgehead atoms. The Balaban J connectivity index is 0.000000157. The summed E-state index contributed by atoms with van der Waals surface area (Å²) in [6.45, 7) is 10.5. The van der Waals surface area contributed by atoms with Gasteiger partial charge in [-0.05, 0) is 163 Å². The van der Waals surface area contributed by atoms with E-state index in [2.05, 4.69) is 49.9 Å². The Morgan fingerprint density at radius 1 is 0.711 bits per heavy atom. The minimum absolute atomic E-state index is 0.0899. The first kappa shape index (κ1) is 49.9. The summed E-state index contributed by atoms with van der Waals surface area (Å²) in [6, 6.07) is 26.0. The van der Waals surface area contributed by atoms with Gasteiger partial charge < -0.3 is 35.6 Å². The highest BCUT2D eigenvalue weighted by Gasteiger charge is 2.31. The summed E-state index contributed by atoms with van der Waals surface area (Å²) in [6.07, 6.45) is 11.8. The normalized spacial score (nSPS) is 17.1. The van der Waals surface area contributed by atoms with Crippen molar-refractivity contribution < 1.29 is 23.9 Å². The number of carbonyl (C=O) groups is 3. The van der Waals surface area contributed by atoms with E-state index in [-0.39, 0.29) is 17.9 Å². The lowest BCUT2D eigenvalue weighted by molar-refractivity contribution is 0.0204. The third-order valence-electron chi connectivity index (χ3n) is 15.0. The molecule has 2 saturated heterocycles. The zero-order chi connectivity index (χ0) is 52.1. The van der Waals surface area contributed by atoms with Gasteiger partial charge in [-0.1, -0.05) is 12.1 Å². The fraction of sp³-hybridized carbons (Fsp3) is 0.390. The molecule has 4 N–H and O–H groups in total. The van der Waals surface area contributed by atoms with E-state index in [1.807, 2.05) is 80.3 Å². The molecule has 3 aromatic carbocycles. The molecule has 0 radical (unpaired) electrons. The molecule has 8 aromatic rings. The van der Waals surface area contributed by atoms with Crippen molar-refractivity contribution in [2.45, 2.75) is 121 Å². The van der Waals surface area contributed by atoms with Crippen LogP contribution in [0, 0.1) is 0 Å². The van der Waals surface area contributed by atoms with Crippen LogP contribution in [0.2, 0.25) is 0 Å². The molecule has 3 amide bonds. The minimum atomic E-state index is -0.481. The number of rotatable bonds is 10. The van der Waals surface area contributed by atoms with Crippen molar-refractivity contribution in [2.75, 3.05) is 42.1 Å². The topological polar surface area (TPSA) is 191 Å². The molecule has 2 saturated carbocycles. The lowest BCUT2D eigenvalue weighted by Crippen LogP contribution is -2.41. The zero-order valence-corrected chi connectivity index (χ0v) is 44.8. The molecular weight excluding hydrogens is 993 g/mol. The summed E-state index contributed by atoms with van der Waals surface area (Å²) in [5.74, 6) is 2.18. The van der Waals surface area contributed by atoms with Gasteiger partial charge in [0.25, 0.3) is 11.8 Å². The van der Waals surface area contributed by atoms with Gasteiger partial charge >= 0.3 is 6.09 Å². The van der Waals surface area contributed by atoms with Gasteiger partial charge in [-0.15, -0.1) is 22.7 Å². The number of hydrogen-bond acceptors (Lipinski definition) is 14. The van der Waals surface area contributed by atoms with Crippen molar-refractivity contribution in [3.05, 3.63) is 140 Å². The van der Waals surface area contributed by atoms with Crippen LogP contribution in [0.5, 0.6) is 0 Å². The van der Waals surface area contributed by atoms with Crippen molar-refractivity contribution in [2.24, 2.45) is 0 Å². The Morgan fingerprint density at radius 3 is 1.99 bits per heavy atom. The third kappa shape index (κ3) is 11.0. The number of likely N-dealkylation sites (tertiary alicyclic amines) is 1. The number of anilines is 3. The van der Waals surface area contributed by atoms with Gasteiger partial charge in [0.15, 0.2) is 0 Å². The number of ether oxygens (including phenoxy) is 2. The second-order valence-corrected chi connectivity index (χ2v) is 24.0. The van der Waals surface area contributed by atoms with Crippen LogP contribution in [0.4, 0.5) is 22.0 Å². The van der Waals surface area contributed by atoms with Gasteiger partial charge in [0, 0.05) is 82.9 Å². The SMILES string of the molecule is CC(C)(C)OC(=O)N1CCC(c2nc3cc(NC(=O)c4ccc(C5CC5)nc4)ccc3s2)CC1.Nc1nc2cc(CN(C(=O)c3ccc(C4CC4)nc3)c3ccc4sc(C5CCNCC5)nc4c3)ccc2c2c1COC2. The molecule has 0 unspecified atom stereocenters. The van der Waals surface area contributed by atoms with E-state index >= 15 is 0 Å². The number of piperidine rings is 2. The maximum absolute atomic E-state index is 14.1. The molecular formula is C59H62N10O5S2. The van der Waals surface area contributed by atoms with Crippen LogP contribution in [0.1, 0.15) is 155 Å². The number of pyridine rings is 3. The maximum atomic E-state index is 14.1. The van der Waals surface area contributed by atoms with Crippen molar-refractivity contribution in [3.63, 3.8) is 0 Å². The first-order valence-electron chi connectivity index (χ1n) is 26.7. The Morgan fingerprint density at radius 2 is 1.34 bits per heavy atom. The number of carbonyl (C=O) groups excluding carboxylic acids is 3. The summed E-state index contributed by atoms with van der Waals surface area (Å²) in [5.41, 5.74) is 16.3. The quantitative estimate of drug-likeness (QED) is 0.118. The van der Waals surface area contributed by atoms with Gasteiger partial charge in [-0.2, -0.15) is 0 Å². The van der Waals surface area contributed by atoms with E-state index in [0.29, 0.717) is 73.5 Å². The summed E-state index contributed by atoms with van der Waals surface area (Å²) < 4.78 is 13.4. The lowest BCUT2D eigenvalue weighted by atomic mass is 9.98. The lowest BCUT2D eigenvalue weighted by Gasteiger charge is -2.32. The molecule has 0 spiro atoms. The fourth-order valence-corrected chi connectivity index (χ4v) is 12.7. The highest BCUT2D eigenvalue weighted by atomic mass is 32.1. The molecule has 4 fully saturated rings. The molecule has 2 aliphatic carbocycles. The van der Waals surface area contributed by atoms with Crippen LogP contribution < -0.4 is 21.3 Å². The monoisotopic (exact) mass is 1050 g/mol. The number of aromatic nitrogens is 5. The highest BCUT2D eigenvalue weighted by Crippen LogP contribution is 2.41. The summed E-state index contributed by atoms with van der Waals surface area (Å²) >= 11 is 3.46. The average molecular weight is 1060 g/mol. The Labute approximate surface area is 449 Å². The molecule has 15 nitrogen and oxygen atoms in total. The van der Waals surface area contributed by atoms with Crippen LogP contribution in [-0.4, -0.2) is 79.5 Å². The van der Waals surface area contributed by atoms with Crippen LogP contribution in [-0.2, 0) is 29.2 Å². The van der Waals surface area contributed by atoms with E-state index in [1.165, 1.54) is 30.7 Å². The Kier molecular flexibility index (Phi) is 13.7. The first-order valence-corrected chi connectivity index (χ1v) is 28.3. The molecule has 76 heavy (non-hydrogen) atoms. The number of nitrogens with one attached hydrogen (secondary N) is 2. The van der Waals surface area contributed by atoms with E-state index in [1.54, 1.807) is 40.0 Å². The van der Waals surface area contributed by atoms with Crippen molar-refractivity contribution in [1.82, 2.24) is 35.1 Å². The second kappa shape index (κ2) is 20.9. The molecule has 3 aliphatic heterocycles. The summed E-state index contributed by atoms with van der Waals surface area (Å²) in [5, 5.41) is 9.74. The summed E-state index contributed by atoms with van der Waals surface area (Å²) in [4.78, 5) is 66.4. The third-order valence-corrected chi connectivity index (χ3v) is 17.4. The largest absolute Gasteiger partial charge is 0.444 e. The molecule has 8 heterocycles. The number of hydrogen-bond donors (Lipinski definition) is 3. The average Bonchev–Trinajstić information content (AvgIpc) is 4.35. The Bertz CT molecular complexity index is 3480. The van der Waals surface area contributed by atoms with E-state index < -0.39 is 5.60 Å². The molecule has 390 valence electrons. The van der Waals surface area contributed by atoms with Crippen LogP contribution in [0.15, 0.2) is 91.3 Å². The number of benzene rings is 3. The number of nitrogens with two attached hydrogens (primary N) is 1. The molecule has 13 rings (SSSR count). The zero-order valence-electron chi connectivity index (χ0n) is 43.1. The number of fused-ring (bicyclic) bond motifs is 5. The van der Waals surface area contributed by atoms with E-state index in [9.17, 15) is 14.4 Å². The Hall–Kier alpha value is -6.92. The fourth-order valence-electron chi connectivity index (χ4n) is 10.4. The van der Waals surface area contributed by atoms with Crippen LogP contribution in [0.25, 0.3) is 31.3 Å². The standard InChI is InChI=1S/C33H32N6O2S.C26H30N4O3S/c34-31-26-18-41-17-25(26)24-6-1-19(13-28(24)37-31)16-39(33(40)22-4-7-27(36-15-22)20-2-3-20)23-5-8-30-29(14-23)38-32(42-30)21-9-11-35-12-10-21;1-26(2,3)33-25(32)30-12-10-17(11-13-30)24-29-21-14-19(7-9-22(21)34-24)28-23(31)18-6-8-20(27-15-18)16-4-5-16/h1,4-8,13-15,20-21,35H,2-3,9-12,16-18H2,(H2,34,37);6-9,14-17H,4-5,10-13H2,1-3H3,(H,28,31). The molecule has 5 aliphatic rings. The summed E-state index contributed by atoms with van der Waals surface area (Å²) in [7, 11) is 0. The maximum Gasteiger partial charge on any atom is 0.410 e. The van der Waals surface area contributed by atoms with Gasteiger partial charge in [-0.25, -0.2) is 19.7 Å². The molecule has 5 aromatic heterocycles. The first-order chi connectivity index (χ1) is 36.9. The minimum Gasteiger partial charge on any atom is -0.444 e. The van der Waals surface area contributed by atoms with Gasteiger partial charge in [0.2, 0.25) is 0 Å². The van der Waals surface area contributed by atoms with Gasteiger partial charge in [0.1, 0.15) is 11.4 Å². The van der Waals surface area contributed by atoms with Gasteiger partial charge in [-0.3, -0.25) is 19.6 Å². The van der Waals surface area contributed by atoms with E-state index in [0.717, 1.165) is 115 Å². The van der Waals surface area contributed by atoms with Gasteiger partial charge in [0.05, 0.1) is 66.9 Å². The van der Waals surface area contributed by atoms with Crippen molar-refractivity contribution in [3.8, 4) is 0 Å². The highest BCUT2D eigenvalue weighted by molar-refractivity contribution is 7.19. The predicted molar refractivity (Wildman–Crippen MR) is 299 cm³/mol. The number of nitrogen functional groups attached to an aromatic ring is 1. The van der Waals surface area contributed by atoms with Crippen LogP contribution >= 0.6 is 22.7 Å².